The number of anilines is 1. The molecular weight excluding hydrogens is 360 g/mol. The molecule has 0 spiro atoms. The molecule has 0 amide bonds. The Morgan fingerprint density at radius 2 is 1.93 bits per heavy atom. The van der Waals surface area contributed by atoms with Gasteiger partial charge in [-0.05, 0) is 13.3 Å². The maximum absolute atomic E-state index is 11.6. The number of benzene rings is 1. The highest BCUT2D eigenvalue weighted by Crippen LogP contribution is 2.30. The summed E-state index contributed by atoms with van der Waals surface area (Å²) in [5.41, 5.74) is 1.07. The van der Waals surface area contributed by atoms with Crippen molar-refractivity contribution >= 4 is 17.6 Å². The largest absolute Gasteiger partial charge is 0.497 e. The maximum Gasteiger partial charge on any atom is 0.310 e. The minimum Gasteiger partial charge on any atom is -0.497 e. The van der Waals surface area contributed by atoms with E-state index in [1.54, 1.807) is 14.2 Å². The molecule has 0 aliphatic carbocycles. The average Bonchev–Trinajstić information content (AvgIpc) is 3.19. The minimum atomic E-state index is -0.273. The Morgan fingerprint density at radius 1 is 1.25 bits per heavy atom. The zero-order valence-electron chi connectivity index (χ0n) is 17.4. The normalized spacial score (nSPS) is 17.8. The van der Waals surface area contributed by atoms with Crippen molar-refractivity contribution in [3.05, 3.63) is 18.2 Å². The van der Waals surface area contributed by atoms with Gasteiger partial charge >= 0.3 is 5.97 Å². The van der Waals surface area contributed by atoms with Gasteiger partial charge in [0.25, 0.3) is 0 Å². The average molecular weight is 393 g/mol. The highest BCUT2D eigenvalue weighted by atomic mass is 16.5. The molecule has 1 aliphatic rings. The Hall–Kier alpha value is -2.64. The van der Waals surface area contributed by atoms with Crippen LogP contribution >= 0.6 is 0 Å². The topological polar surface area (TPSA) is 84.4 Å². The number of rotatable bonds is 8. The molecule has 1 aromatic carbocycles. The predicted molar refractivity (Wildman–Crippen MR) is 110 cm³/mol. The fourth-order valence-corrected chi connectivity index (χ4v) is 3.10. The van der Waals surface area contributed by atoms with Crippen LogP contribution in [0.15, 0.2) is 23.2 Å². The van der Waals surface area contributed by atoms with E-state index in [1.807, 2.05) is 32.0 Å². The zero-order valence-corrected chi connectivity index (χ0v) is 17.4. The smallest absolute Gasteiger partial charge is 0.310 e. The molecule has 1 aromatic rings. The van der Waals surface area contributed by atoms with Gasteiger partial charge in [-0.2, -0.15) is 0 Å². The fraction of sp³-hybridized carbons (Fsp3) is 0.600. The van der Waals surface area contributed by atoms with Crippen molar-refractivity contribution in [3.63, 3.8) is 0 Å². The number of nitrogens with one attached hydrogen (secondary N) is 2. The summed E-state index contributed by atoms with van der Waals surface area (Å²) in [6, 6.07) is 6.15. The summed E-state index contributed by atoms with van der Waals surface area (Å²) < 4.78 is 15.5. The predicted octanol–water partition coefficient (Wildman–Crippen LogP) is 1.65. The molecule has 1 heterocycles. The molecule has 0 saturated carbocycles. The number of aliphatic imine (C=N–C) groups is 1. The fourth-order valence-electron chi connectivity index (χ4n) is 3.10. The van der Waals surface area contributed by atoms with Gasteiger partial charge in [0.15, 0.2) is 5.96 Å². The van der Waals surface area contributed by atoms with E-state index in [4.69, 9.17) is 14.2 Å². The molecule has 2 unspecified atom stereocenters. The monoisotopic (exact) mass is 392 g/mol. The number of ether oxygens (including phenoxy) is 3. The Labute approximate surface area is 167 Å². The van der Waals surface area contributed by atoms with Crippen LogP contribution in [0.4, 0.5) is 5.69 Å². The van der Waals surface area contributed by atoms with E-state index < -0.39 is 0 Å². The van der Waals surface area contributed by atoms with Crippen molar-refractivity contribution in [2.45, 2.75) is 26.3 Å². The lowest BCUT2D eigenvalue weighted by Gasteiger charge is -2.21. The van der Waals surface area contributed by atoms with E-state index in [2.05, 4.69) is 20.5 Å². The van der Waals surface area contributed by atoms with Gasteiger partial charge in [0.2, 0.25) is 0 Å². The number of nitrogens with zero attached hydrogens (tertiary/aromatic N) is 2. The first-order valence-corrected chi connectivity index (χ1v) is 9.61. The number of methoxy groups -OCH3 is 3. The number of guanidine groups is 1. The van der Waals surface area contributed by atoms with E-state index in [1.165, 1.54) is 7.11 Å². The van der Waals surface area contributed by atoms with E-state index in [9.17, 15) is 4.79 Å². The minimum absolute atomic E-state index is 0.251. The molecular formula is C20H32N4O4. The molecule has 2 atom stereocenters. The van der Waals surface area contributed by atoms with Crippen molar-refractivity contribution in [2.24, 2.45) is 10.9 Å². The van der Waals surface area contributed by atoms with Gasteiger partial charge in [0.1, 0.15) is 11.5 Å². The maximum atomic E-state index is 11.6. The zero-order chi connectivity index (χ0) is 20.5. The van der Waals surface area contributed by atoms with Crippen molar-refractivity contribution in [1.82, 2.24) is 10.6 Å². The SMILES string of the molecule is CCNC(=NCC(C)C(=O)OC)NC1CCN(c2cc(OC)cc(OC)c2)C1. The molecule has 1 fully saturated rings. The standard InChI is InChI=1S/C20H32N4O4/c1-6-21-20(22-12-14(2)19(25)28-5)23-15-7-8-24(13-15)16-9-17(26-3)11-18(10-16)27-4/h9-11,14-15H,6-8,12-13H2,1-5H3,(H2,21,22,23). The lowest BCUT2D eigenvalue weighted by Crippen LogP contribution is -2.45. The van der Waals surface area contributed by atoms with E-state index in [-0.39, 0.29) is 17.9 Å². The Morgan fingerprint density at radius 3 is 2.50 bits per heavy atom. The van der Waals surface area contributed by atoms with Crippen molar-refractivity contribution in [1.29, 1.82) is 0 Å². The highest BCUT2D eigenvalue weighted by Gasteiger charge is 2.24. The first-order chi connectivity index (χ1) is 13.5. The molecule has 8 heteroatoms. The van der Waals surface area contributed by atoms with Crippen LogP contribution in [0.2, 0.25) is 0 Å². The highest BCUT2D eigenvalue weighted by molar-refractivity contribution is 5.81. The molecule has 156 valence electrons. The first-order valence-electron chi connectivity index (χ1n) is 9.61. The summed E-state index contributed by atoms with van der Waals surface area (Å²) in [6.45, 7) is 6.73. The third kappa shape index (κ3) is 5.94. The third-order valence-electron chi connectivity index (χ3n) is 4.70. The van der Waals surface area contributed by atoms with Crippen LogP contribution in [-0.2, 0) is 9.53 Å². The van der Waals surface area contributed by atoms with Gasteiger partial charge < -0.3 is 29.7 Å². The van der Waals surface area contributed by atoms with E-state index in [0.29, 0.717) is 12.5 Å². The lowest BCUT2D eigenvalue weighted by atomic mass is 10.2. The molecule has 2 N–H and O–H groups in total. The number of hydrogen-bond acceptors (Lipinski definition) is 6. The molecule has 0 radical (unpaired) electrons. The summed E-state index contributed by atoms with van der Waals surface area (Å²) in [4.78, 5) is 18.4. The van der Waals surface area contributed by atoms with Crippen LogP contribution in [0.3, 0.4) is 0 Å². The van der Waals surface area contributed by atoms with Crippen molar-refractivity contribution in [3.8, 4) is 11.5 Å². The Kier molecular flexibility index (Phi) is 8.22. The number of esters is 1. The van der Waals surface area contributed by atoms with Gasteiger partial charge in [0, 0.05) is 49.6 Å². The summed E-state index contributed by atoms with van der Waals surface area (Å²) in [6.07, 6.45) is 0.983. The van der Waals surface area contributed by atoms with Crippen LogP contribution in [0.5, 0.6) is 11.5 Å². The summed E-state index contributed by atoms with van der Waals surface area (Å²) >= 11 is 0. The van der Waals surface area contributed by atoms with Crippen LogP contribution in [0.25, 0.3) is 0 Å². The van der Waals surface area contributed by atoms with Gasteiger partial charge in [0.05, 0.1) is 33.8 Å². The summed E-state index contributed by atoms with van der Waals surface area (Å²) in [5, 5.41) is 6.71. The van der Waals surface area contributed by atoms with Crippen molar-refractivity contribution in [2.75, 3.05) is 52.4 Å². The van der Waals surface area contributed by atoms with Crippen LogP contribution in [-0.4, -0.2) is 65.5 Å². The molecule has 2 rings (SSSR count). The quantitative estimate of drug-likeness (QED) is 0.395. The number of hydrogen-bond donors (Lipinski definition) is 2. The second kappa shape index (κ2) is 10.6. The lowest BCUT2D eigenvalue weighted by molar-refractivity contribution is -0.144. The molecule has 28 heavy (non-hydrogen) atoms. The number of carbonyl (C=O) groups excluding carboxylic acids is 1. The molecule has 0 bridgehead atoms. The molecule has 1 saturated heterocycles. The van der Waals surface area contributed by atoms with E-state index in [0.717, 1.165) is 43.2 Å². The van der Waals surface area contributed by atoms with Gasteiger partial charge in [-0.3, -0.25) is 9.79 Å². The summed E-state index contributed by atoms with van der Waals surface area (Å²) in [7, 11) is 4.70. The van der Waals surface area contributed by atoms with Crippen LogP contribution in [0.1, 0.15) is 20.3 Å². The Bertz CT molecular complexity index is 658. The Balaban J connectivity index is 2.00. The number of carbonyl (C=O) groups is 1. The second-order valence-corrected chi connectivity index (χ2v) is 6.79. The van der Waals surface area contributed by atoms with Gasteiger partial charge in [-0.25, -0.2) is 0 Å². The molecule has 0 aromatic heterocycles. The van der Waals surface area contributed by atoms with Gasteiger partial charge in [-0.1, -0.05) is 6.92 Å². The molecule has 1 aliphatic heterocycles. The van der Waals surface area contributed by atoms with Crippen LogP contribution < -0.4 is 25.0 Å². The molecule has 8 nitrogen and oxygen atoms in total. The van der Waals surface area contributed by atoms with E-state index >= 15 is 0 Å². The van der Waals surface area contributed by atoms with Crippen LogP contribution in [0, 0.1) is 5.92 Å². The first kappa shape index (κ1) is 21.7. The third-order valence-corrected chi connectivity index (χ3v) is 4.70. The summed E-state index contributed by atoms with van der Waals surface area (Å²) in [5.74, 6) is 1.74. The van der Waals surface area contributed by atoms with Gasteiger partial charge in [-0.15, -0.1) is 0 Å². The van der Waals surface area contributed by atoms with Crippen molar-refractivity contribution < 1.29 is 19.0 Å². The second-order valence-electron chi connectivity index (χ2n) is 6.79.